The molecule has 1 amide bonds. The monoisotopic (exact) mass is 269 g/mol. The maximum Gasteiger partial charge on any atom is 0.321 e. The van der Waals surface area contributed by atoms with Crippen LogP contribution in [0.3, 0.4) is 0 Å². The lowest BCUT2D eigenvalue weighted by molar-refractivity contribution is -0.389. The molecule has 0 saturated carbocycles. The van der Waals surface area contributed by atoms with Gasteiger partial charge in [0.05, 0.1) is 5.92 Å². The molecule has 1 unspecified atom stereocenters. The molecule has 1 heterocycles. The van der Waals surface area contributed by atoms with Gasteiger partial charge in [0.15, 0.2) is 5.69 Å². The lowest BCUT2D eigenvalue weighted by atomic mass is 9.96. The van der Waals surface area contributed by atoms with Gasteiger partial charge in [0.2, 0.25) is 0 Å². The molecular weight excluding hydrogens is 254 g/mol. The molecule has 0 saturated heterocycles. The molecular formula is C11H15N3O5. The zero-order chi connectivity index (χ0) is 14.6. The van der Waals surface area contributed by atoms with Crippen molar-refractivity contribution in [3.05, 3.63) is 27.9 Å². The van der Waals surface area contributed by atoms with Crippen LogP contribution < -0.4 is 5.32 Å². The van der Waals surface area contributed by atoms with Crippen LogP contribution in [0.2, 0.25) is 0 Å². The highest BCUT2D eigenvalue weighted by Gasteiger charge is 2.23. The maximum atomic E-state index is 11.7. The van der Waals surface area contributed by atoms with Gasteiger partial charge in [-0.2, -0.15) is 0 Å². The van der Waals surface area contributed by atoms with Crippen molar-refractivity contribution in [2.45, 2.75) is 13.8 Å². The first-order valence-corrected chi connectivity index (χ1v) is 5.67. The Labute approximate surface area is 109 Å². The summed E-state index contributed by atoms with van der Waals surface area (Å²) in [5.74, 6) is -2.68. The van der Waals surface area contributed by atoms with Crippen molar-refractivity contribution >= 4 is 17.7 Å². The number of carbonyl (C=O) groups is 2. The van der Waals surface area contributed by atoms with Gasteiger partial charge < -0.3 is 20.5 Å². The third kappa shape index (κ3) is 3.80. The van der Waals surface area contributed by atoms with Crippen LogP contribution in [0.1, 0.15) is 24.3 Å². The van der Waals surface area contributed by atoms with E-state index in [1.807, 2.05) is 0 Å². The number of hydrogen-bond acceptors (Lipinski definition) is 4. The molecule has 1 aromatic rings. The van der Waals surface area contributed by atoms with Gasteiger partial charge in [-0.3, -0.25) is 9.59 Å². The van der Waals surface area contributed by atoms with Crippen molar-refractivity contribution < 1.29 is 19.6 Å². The summed E-state index contributed by atoms with van der Waals surface area (Å²) in [6.45, 7) is 3.45. The summed E-state index contributed by atoms with van der Waals surface area (Å²) in [4.78, 5) is 34.7. The fraction of sp³-hybridized carbons (Fsp3) is 0.455. The van der Waals surface area contributed by atoms with Crippen LogP contribution in [0.4, 0.5) is 5.82 Å². The van der Waals surface area contributed by atoms with Gasteiger partial charge in [0.25, 0.3) is 5.91 Å². The Hall–Kier alpha value is -2.38. The standard InChI is InChI=1S/C11H15N3O5/c1-6(2)7(11(16)17)5-12-10(15)8-3-4-9(13-8)14(18)19/h3-4,6-7,13H,5H2,1-2H3,(H,12,15)(H,16,17). The van der Waals surface area contributed by atoms with Gasteiger partial charge in [-0.05, 0) is 16.9 Å². The summed E-state index contributed by atoms with van der Waals surface area (Å²) in [6, 6.07) is 2.45. The van der Waals surface area contributed by atoms with Gasteiger partial charge in [-0.1, -0.05) is 13.8 Å². The lowest BCUT2D eigenvalue weighted by Crippen LogP contribution is -2.35. The summed E-state index contributed by atoms with van der Waals surface area (Å²) in [6.07, 6.45) is 0. The molecule has 0 fully saturated rings. The minimum Gasteiger partial charge on any atom is -0.481 e. The number of nitrogens with one attached hydrogen (secondary N) is 2. The summed E-state index contributed by atoms with van der Waals surface area (Å²) >= 11 is 0. The fourth-order valence-corrected chi connectivity index (χ4v) is 1.53. The van der Waals surface area contributed by atoms with E-state index in [1.54, 1.807) is 13.8 Å². The van der Waals surface area contributed by atoms with Gasteiger partial charge >= 0.3 is 11.8 Å². The Morgan fingerprint density at radius 2 is 2.11 bits per heavy atom. The number of nitrogens with zero attached hydrogens (tertiary/aromatic N) is 1. The molecule has 0 aliphatic carbocycles. The molecule has 1 atom stereocenters. The number of carboxylic acid groups (broad SMARTS) is 1. The van der Waals surface area contributed by atoms with Crippen LogP contribution in [-0.2, 0) is 4.79 Å². The average molecular weight is 269 g/mol. The zero-order valence-corrected chi connectivity index (χ0v) is 10.5. The number of carbonyl (C=O) groups excluding carboxylic acids is 1. The molecule has 19 heavy (non-hydrogen) atoms. The van der Waals surface area contributed by atoms with E-state index in [2.05, 4.69) is 10.3 Å². The van der Waals surface area contributed by atoms with E-state index < -0.39 is 22.7 Å². The number of carboxylic acids is 1. The Morgan fingerprint density at radius 3 is 2.53 bits per heavy atom. The van der Waals surface area contributed by atoms with E-state index in [0.717, 1.165) is 0 Å². The van der Waals surface area contributed by atoms with Crippen molar-refractivity contribution in [2.24, 2.45) is 11.8 Å². The SMILES string of the molecule is CC(C)C(CNC(=O)c1ccc([N+](=O)[O-])[nH]1)C(=O)O. The first-order valence-electron chi connectivity index (χ1n) is 5.67. The molecule has 8 nitrogen and oxygen atoms in total. The third-order valence-corrected chi connectivity index (χ3v) is 2.72. The Kier molecular flexibility index (Phi) is 4.62. The highest BCUT2D eigenvalue weighted by molar-refractivity contribution is 5.93. The first-order chi connectivity index (χ1) is 8.82. The minimum absolute atomic E-state index is 0.0274. The molecule has 8 heteroatoms. The quantitative estimate of drug-likeness (QED) is 0.525. The summed E-state index contributed by atoms with van der Waals surface area (Å²) in [5, 5.41) is 21.8. The van der Waals surface area contributed by atoms with Crippen LogP contribution in [0.5, 0.6) is 0 Å². The van der Waals surface area contributed by atoms with E-state index in [4.69, 9.17) is 5.11 Å². The van der Waals surface area contributed by atoms with Crippen LogP contribution in [0.15, 0.2) is 12.1 Å². The van der Waals surface area contributed by atoms with Crippen LogP contribution in [-0.4, -0.2) is 33.4 Å². The summed E-state index contributed by atoms with van der Waals surface area (Å²) in [5.41, 5.74) is 0.0274. The van der Waals surface area contributed by atoms with Crippen molar-refractivity contribution in [3.63, 3.8) is 0 Å². The molecule has 0 aromatic carbocycles. The highest BCUT2D eigenvalue weighted by Crippen LogP contribution is 2.12. The van der Waals surface area contributed by atoms with Gasteiger partial charge in [0, 0.05) is 12.6 Å². The number of hydrogen-bond donors (Lipinski definition) is 3. The number of nitro groups is 1. The minimum atomic E-state index is -0.993. The zero-order valence-electron chi connectivity index (χ0n) is 10.5. The second-order valence-corrected chi connectivity index (χ2v) is 4.41. The molecule has 3 N–H and O–H groups in total. The number of H-pyrrole nitrogens is 1. The summed E-state index contributed by atoms with van der Waals surface area (Å²) < 4.78 is 0. The number of aliphatic carboxylic acids is 1. The third-order valence-electron chi connectivity index (χ3n) is 2.72. The first kappa shape index (κ1) is 14.7. The molecule has 0 bridgehead atoms. The van der Waals surface area contributed by atoms with Gasteiger partial charge in [-0.25, -0.2) is 4.98 Å². The largest absolute Gasteiger partial charge is 0.481 e. The number of aromatic nitrogens is 1. The van der Waals surface area contributed by atoms with Crippen molar-refractivity contribution in [3.8, 4) is 0 Å². The molecule has 0 spiro atoms. The van der Waals surface area contributed by atoms with Gasteiger partial charge in [0.1, 0.15) is 0 Å². The van der Waals surface area contributed by atoms with E-state index in [-0.39, 0.29) is 24.0 Å². The average Bonchev–Trinajstić information content (AvgIpc) is 2.77. The van der Waals surface area contributed by atoms with Crippen LogP contribution >= 0.6 is 0 Å². The van der Waals surface area contributed by atoms with E-state index >= 15 is 0 Å². The second kappa shape index (κ2) is 5.98. The van der Waals surface area contributed by atoms with Crippen molar-refractivity contribution in [1.82, 2.24) is 10.3 Å². The molecule has 0 radical (unpaired) electrons. The smallest absolute Gasteiger partial charge is 0.321 e. The molecule has 1 aromatic heterocycles. The fourth-order valence-electron chi connectivity index (χ4n) is 1.53. The Morgan fingerprint density at radius 1 is 1.47 bits per heavy atom. The van der Waals surface area contributed by atoms with Crippen molar-refractivity contribution in [2.75, 3.05) is 6.54 Å². The van der Waals surface area contributed by atoms with Crippen LogP contribution in [0, 0.1) is 22.0 Å². The van der Waals surface area contributed by atoms with Crippen LogP contribution in [0.25, 0.3) is 0 Å². The summed E-state index contributed by atoms with van der Waals surface area (Å²) in [7, 11) is 0. The Bertz CT molecular complexity index is 494. The van der Waals surface area contributed by atoms with E-state index in [1.165, 1.54) is 12.1 Å². The highest BCUT2D eigenvalue weighted by atomic mass is 16.6. The topological polar surface area (TPSA) is 125 Å². The second-order valence-electron chi connectivity index (χ2n) is 4.41. The number of rotatable bonds is 6. The van der Waals surface area contributed by atoms with E-state index in [0.29, 0.717) is 0 Å². The predicted octanol–water partition coefficient (Wildman–Crippen LogP) is 1.01. The number of aromatic amines is 1. The maximum absolute atomic E-state index is 11.7. The number of amides is 1. The molecule has 104 valence electrons. The normalized spacial score (nSPS) is 12.2. The van der Waals surface area contributed by atoms with E-state index in [9.17, 15) is 19.7 Å². The predicted molar refractivity (Wildman–Crippen MR) is 65.7 cm³/mol. The molecule has 1 rings (SSSR count). The lowest BCUT2D eigenvalue weighted by Gasteiger charge is -2.15. The van der Waals surface area contributed by atoms with Crippen molar-refractivity contribution in [1.29, 1.82) is 0 Å². The Balaban J connectivity index is 2.64. The molecule has 0 aliphatic rings. The van der Waals surface area contributed by atoms with Gasteiger partial charge in [-0.15, -0.1) is 0 Å². The molecule has 0 aliphatic heterocycles.